The highest BCUT2D eigenvalue weighted by molar-refractivity contribution is 6.33. The molecule has 0 saturated carbocycles. The summed E-state index contributed by atoms with van der Waals surface area (Å²) in [6.45, 7) is 7.59. The molecule has 3 rings (SSSR count). The predicted molar refractivity (Wildman–Crippen MR) is 116 cm³/mol. The van der Waals surface area contributed by atoms with E-state index in [9.17, 15) is 9.59 Å². The van der Waals surface area contributed by atoms with Crippen molar-refractivity contribution in [2.45, 2.75) is 34.2 Å². The summed E-state index contributed by atoms with van der Waals surface area (Å²) in [6, 6.07) is 13.4. The average Bonchev–Trinajstić information content (AvgIpc) is 2.92. The maximum Gasteiger partial charge on any atom is 0.260 e. The number of aryl methyl sites for hydroxylation is 3. The molecule has 0 bridgehead atoms. The molecule has 1 heterocycles. The zero-order chi connectivity index (χ0) is 21.1. The second-order valence-electron chi connectivity index (χ2n) is 7.06. The molecule has 3 aromatic rings. The molecule has 2 aromatic carbocycles. The molecule has 0 atom stereocenters. The van der Waals surface area contributed by atoms with E-state index >= 15 is 0 Å². The first-order valence-corrected chi connectivity index (χ1v) is 9.60. The number of carbonyl (C=O) groups is 2. The van der Waals surface area contributed by atoms with E-state index in [-0.39, 0.29) is 11.8 Å². The van der Waals surface area contributed by atoms with Crippen LogP contribution in [-0.2, 0) is 11.3 Å². The molecule has 7 heteroatoms. The Labute approximate surface area is 174 Å². The summed E-state index contributed by atoms with van der Waals surface area (Å²) in [4.78, 5) is 24.1. The lowest BCUT2D eigenvalue weighted by atomic mass is 10.1. The highest BCUT2D eigenvalue weighted by atomic mass is 35.5. The van der Waals surface area contributed by atoms with Crippen LogP contribution in [-0.4, -0.2) is 21.6 Å². The van der Waals surface area contributed by atoms with Crippen molar-refractivity contribution in [2.75, 3.05) is 10.6 Å². The molecular formula is C22H23ClN4O2. The molecule has 29 heavy (non-hydrogen) atoms. The monoisotopic (exact) mass is 410 g/mol. The molecule has 0 aliphatic heterocycles. The van der Waals surface area contributed by atoms with Crippen LogP contribution in [0.4, 0.5) is 11.4 Å². The SMILES string of the molecule is CC(=O)Nc1ccc(NC(=O)c2c(C)nn(Cc3ccc(C)cc3)c2Cl)cc1C. The van der Waals surface area contributed by atoms with Gasteiger partial charge in [-0.05, 0) is 50.1 Å². The number of hydrogen-bond acceptors (Lipinski definition) is 3. The quantitative estimate of drug-likeness (QED) is 0.638. The van der Waals surface area contributed by atoms with Crippen molar-refractivity contribution < 1.29 is 9.59 Å². The number of benzene rings is 2. The Bertz CT molecular complexity index is 1070. The van der Waals surface area contributed by atoms with E-state index in [1.807, 2.05) is 38.1 Å². The number of amides is 2. The molecule has 0 fully saturated rings. The minimum Gasteiger partial charge on any atom is -0.326 e. The molecule has 0 unspecified atom stereocenters. The van der Waals surface area contributed by atoms with Crippen molar-refractivity contribution in [1.29, 1.82) is 0 Å². The normalized spacial score (nSPS) is 10.7. The molecule has 2 amide bonds. The standard InChI is InChI=1S/C22H23ClN4O2/c1-13-5-7-17(8-6-13)12-27-21(23)20(15(3)26-27)22(29)25-18-9-10-19(14(2)11-18)24-16(4)28/h5-11H,12H2,1-4H3,(H,24,28)(H,25,29). The van der Waals surface area contributed by atoms with E-state index in [2.05, 4.69) is 15.7 Å². The minimum atomic E-state index is -0.325. The Balaban J connectivity index is 1.79. The van der Waals surface area contributed by atoms with Crippen LogP contribution in [0.3, 0.4) is 0 Å². The Kier molecular flexibility index (Phi) is 6.03. The maximum absolute atomic E-state index is 12.8. The van der Waals surface area contributed by atoms with Gasteiger partial charge in [0.25, 0.3) is 5.91 Å². The second kappa shape index (κ2) is 8.49. The minimum absolute atomic E-state index is 0.145. The Morgan fingerprint density at radius 3 is 2.34 bits per heavy atom. The number of hydrogen-bond donors (Lipinski definition) is 2. The zero-order valence-electron chi connectivity index (χ0n) is 16.8. The number of rotatable bonds is 5. The number of aromatic nitrogens is 2. The molecule has 1 aromatic heterocycles. The summed E-state index contributed by atoms with van der Waals surface area (Å²) in [5, 5.41) is 10.3. The summed E-state index contributed by atoms with van der Waals surface area (Å²) in [7, 11) is 0. The lowest BCUT2D eigenvalue weighted by Crippen LogP contribution is -2.14. The number of nitrogens with one attached hydrogen (secondary N) is 2. The van der Waals surface area contributed by atoms with E-state index in [0.717, 1.165) is 11.1 Å². The number of anilines is 2. The summed E-state index contributed by atoms with van der Waals surface area (Å²) in [5.41, 5.74) is 5.30. The Morgan fingerprint density at radius 2 is 1.72 bits per heavy atom. The summed E-state index contributed by atoms with van der Waals surface area (Å²) < 4.78 is 1.63. The van der Waals surface area contributed by atoms with Gasteiger partial charge < -0.3 is 10.6 Å². The molecule has 2 N–H and O–H groups in total. The summed E-state index contributed by atoms with van der Waals surface area (Å²) in [6.07, 6.45) is 0. The molecule has 0 radical (unpaired) electrons. The van der Waals surface area contributed by atoms with Crippen molar-refractivity contribution in [2.24, 2.45) is 0 Å². The van der Waals surface area contributed by atoms with Gasteiger partial charge in [0.1, 0.15) is 5.15 Å². The van der Waals surface area contributed by atoms with Crippen molar-refractivity contribution in [3.63, 3.8) is 0 Å². The van der Waals surface area contributed by atoms with Gasteiger partial charge in [-0.1, -0.05) is 41.4 Å². The largest absolute Gasteiger partial charge is 0.326 e. The number of carbonyl (C=O) groups excluding carboxylic acids is 2. The van der Waals surface area contributed by atoms with Crippen LogP contribution in [0.25, 0.3) is 0 Å². The van der Waals surface area contributed by atoms with Gasteiger partial charge in [0, 0.05) is 18.3 Å². The fourth-order valence-electron chi connectivity index (χ4n) is 3.05. The Morgan fingerprint density at radius 1 is 1.03 bits per heavy atom. The van der Waals surface area contributed by atoms with Crippen molar-refractivity contribution in [1.82, 2.24) is 9.78 Å². The van der Waals surface area contributed by atoms with Crippen molar-refractivity contribution in [3.8, 4) is 0 Å². The fraction of sp³-hybridized carbons (Fsp3) is 0.227. The second-order valence-corrected chi connectivity index (χ2v) is 7.42. The van der Waals surface area contributed by atoms with Crippen LogP contribution in [0, 0.1) is 20.8 Å². The van der Waals surface area contributed by atoms with Crippen molar-refractivity contribution >= 4 is 34.8 Å². The molecule has 0 saturated heterocycles. The summed E-state index contributed by atoms with van der Waals surface area (Å²) in [5.74, 6) is -0.470. The van der Waals surface area contributed by atoms with E-state index in [1.54, 1.807) is 29.8 Å². The van der Waals surface area contributed by atoms with Crippen molar-refractivity contribution in [3.05, 3.63) is 75.6 Å². The first-order chi connectivity index (χ1) is 13.7. The summed E-state index contributed by atoms with van der Waals surface area (Å²) >= 11 is 6.48. The van der Waals surface area contributed by atoms with Gasteiger partial charge in [0.2, 0.25) is 5.91 Å². The third kappa shape index (κ3) is 4.84. The number of halogens is 1. The van der Waals surface area contributed by atoms with E-state index in [4.69, 9.17) is 11.6 Å². The van der Waals surface area contributed by atoms with Gasteiger partial charge in [-0.15, -0.1) is 0 Å². The van der Waals surface area contributed by atoms with Gasteiger partial charge in [0.05, 0.1) is 17.8 Å². The lowest BCUT2D eigenvalue weighted by Gasteiger charge is -2.10. The smallest absolute Gasteiger partial charge is 0.260 e. The topological polar surface area (TPSA) is 76.0 Å². The fourth-order valence-corrected chi connectivity index (χ4v) is 3.37. The van der Waals surface area contributed by atoms with Crippen LogP contribution in [0.1, 0.15) is 39.7 Å². The molecule has 150 valence electrons. The van der Waals surface area contributed by atoms with Gasteiger partial charge in [-0.2, -0.15) is 5.10 Å². The highest BCUT2D eigenvalue weighted by Crippen LogP contribution is 2.24. The van der Waals surface area contributed by atoms with Gasteiger partial charge in [-0.25, -0.2) is 4.68 Å². The van der Waals surface area contributed by atoms with Crippen LogP contribution in [0.15, 0.2) is 42.5 Å². The van der Waals surface area contributed by atoms with Gasteiger partial charge >= 0.3 is 0 Å². The lowest BCUT2D eigenvalue weighted by molar-refractivity contribution is -0.114. The molecule has 0 spiro atoms. The zero-order valence-corrected chi connectivity index (χ0v) is 17.6. The predicted octanol–water partition coefficient (Wildman–Crippen LogP) is 4.72. The van der Waals surface area contributed by atoms with Gasteiger partial charge in [-0.3, -0.25) is 9.59 Å². The third-order valence-corrected chi connectivity index (χ3v) is 4.92. The first-order valence-electron chi connectivity index (χ1n) is 9.22. The molecule has 0 aliphatic carbocycles. The molecule has 0 aliphatic rings. The maximum atomic E-state index is 12.8. The Hall–Kier alpha value is -3.12. The van der Waals surface area contributed by atoms with E-state index in [0.29, 0.717) is 34.3 Å². The van der Waals surface area contributed by atoms with E-state index < -0.39 is 0 Å². The van der Waals surface area contributed by atoms with Gasteiger partial charge in [0.15, 0.2) is 0 Å². The van der Waals surface area contributed by atoms with Crippen LogP contribution in [0.2, 0.25) is 5.15 Å². The highest BCUT2D eigenvalue weighted by Gasteiger charge is 2.21. The van der Waals surface area contributed by atoms with Crippen LogP contribution >= 0.6 is 11.6 Å². The van der Waals surface area contributed by atoms with Crippen LogP contribution < -0.4 is 10.6 Å². The number of nitrogens with zero attached hydrogens (tertiary/aromatic N) is 2. The first kappa shape index (κ1) is 20.6. The van der Waals surface area contributed by atoms with Crippen LogP contribution in [0.5, 0.6) is 0 Å². The molecule has 6 nitrogen and oxygen atoms in total. The third-order valence-electron chi connectivity index (χ3n) is 4.54. The average molecular weight is 411 g/mol. The van der Waals surface area contributed by atoms with E-state index in [1.165, 1.54) is 12.5 Å². The molecular weight excluding hydrogens is 388 g/mol.